The third kappa shape index (κ3) is 3.15. The largest absolute Gasteiger partial charge is 0.347 e. The Bertz CT molecular complexity index is 572. The Kier molecular flexibility index (Phi) is 4.47. The van der Waals surface area contributed by atoms with E-state index in [-0.39, 0.29) is 5.91 Å². The van der Waals surface area contributed by atoms with E-state index in [1.165, 1.54) is 0 Å². The van der Waals surface area contributed by atoms with Gasteiger partial charge in [-0.1, -0.05) is 23.2 Å². The summed E-state index contributed by atoms with van der Waals surface area (Å²) in [5.41, 5.74) is 1.29. The lowest BCUT2D eigenvalue weighted by Gasteiger charge is -2.07. The summed E-state index contributed by atoms with van der Waals surface area (Å²) in [7, 11) is 0. The number of H-pyrrole nitrogens is 1. The van der Waals surface area contributed by atoms with E-state index in [1.54, 1.807) is 24.7 Å². The minimum Gasteiger partial charge on any atom is -0.347 e. The lowest BCUT2D eigenvalue weighted by molar-refractivity contribution is 0.0949. The van der Waals surface area contributed by atoms with Crippen molar-refractivity contribution in [3.63, 3.8) is 0 Å². The second kappa shape index (κ2) is 5.90. The fourth-order valence-electron chi connectivity index (χ4n) is 1.37. The number of carbonyl (C=O) groups excluding carboxylic acids is 1. The van der Waals surface area contributed by atoms with E-state index in [4.69, 9.17) is 23.2 Å². The number of rotatable bonds is 3. The third-order valence-electron chi connectivity index (χ3n) is 2.23. The van der Waals surface area contributed by atoms with E-state index < -0.39 is 0 Å². The lowest BCUT2D eigenvalue weighted by atomic mass is 10.2. The normalized spacial score (nSPS) is 10.4. The Morgan fingerprint density at radius 3 is 2.89 bits per heavy atom. The fourth-order valence-corrected chi connectivity index (χ4v) is 2.42. The molecule has 0 spiro atoms. The summed E-state index contributed by atoms with van der Waals surface area (Å²) in [6.45, 7) is 0.374. The lowest BCUT2D eigenvalue weighted by Crippen LogP contribution is -2.24. The molecule has 2 aromatic rings. The van der Waals surface area contributed by atoms with E-state index >= 15 is 0 Å². The third-order valence-corrected chi connectivity index (χ3v) is 4.23. The molecule has 1 aromatic carbocycles. The minimum absolute atomic E-state index is 0.224. The average Bonchev–Trinajstić information content (AvgIpc) is 2.83. The summed E-state index contributed by atoms with van der Waals surface area (Å²) >= 11 is 13.9. The van der Waals surface area contributed by atoms with Crippen molar-refractivity contribution in [1.82, 2.24) is 15.3 Å². The zero-order valence-corrected chi connectivity index (χ0v) is 12.7. The highest BCUT2D eigenvalue weighted by atomic mass is 127. The number of halogens is 3. The molecule has 0 saturated heterocycles. The maximum absolute atomic E-state index is 12.0. The summed E-state index contributed by atoms with van der Waals surface area (Å²) in [5, 5.41) is 3.67. The van der Waals surface area contributed by atoms with Crippen molar-refractivity contribution in [3.05, 3.63) is 49.5 Å². The van der Waals surface area contributed by atoms with E-state index in [1.807, 2.05) is 22.6 Å². The average molecular weight is 396 g/mol. The van der Waals surface area contributed by atoms with Gasteiger partial charge in [0.15, 0.2) is 0 Å². The van der Waals surface area contributed by atoms with Gasteiger partial charge in [-0.3, -0.25) is 4.79 Å². The molecule has 2 rings (SSSR count). The number of aromatic amines is 1. The van der Waals surface area contributed by atoms with Gasteiger partial charge in [-0.15, -0.1) is 0 Å². The molecule has 0 fully saturated rings. The molecule has 1 heterocycles. The van der Waals surface area contributed by atoms with Crippen LogP contribution in [0.3, 0.4) is 0 Å². The molecule has 0 unspecified atom stereocenters. The molecule has 18 heavy (non-hydrogen) atoms. The number of imidazole rings is 1. The van der Waals surface area contributed by atoms with Crippen molar-refractivity contribution in [2.45, 2.75) is 6.54 Å². The highest BCUT2D eigenvalue weighted by molar-refractivity contribution is 14.1. The Labute approximate surface area is 127 Å². The number of aromatic nitrogens is 2. The van der Waals surface area contributed by atoms with Crippen molar-refractivity contribution in [2.24, 2.45) is 0 Å². The van der Waals surface area contributed by atoms with Crippen LogP contribution >= 0.6 is 45.8 Å². The Morgan fingerprint density at radius 1 is 1.44 bits per heavy atom. The van der Waals surface area contributed by atoms with E-state index in [9.17, 15) is 4.79 Å². The molecule has 0 saturated carbocycles. The number of nitrogens with zero attached hydrogens (tertiary/aromatic N) is 1. The molecule has 4 nitrogen and oxygen atoms in total. The van der Waals surface area contributed by atoms with Crippen LogP contribution in [0.1, 0.15) is 16.1 Å². The van der Waals surface area contributed by atoms with Crippen LogP contribution in [0.25, 0.3) is 0 Å². The molecule has 0 atom stereocenters. The molecular formula is C11H8Cl2IN3O. The SMILES string of the molecule is O=C(NCc1cnc[nH]1)c1cc(Cl)cc(Cl)c1I. The maximum atomic E-state index is 12.0. The zero-order chi connectivity index (χ0) is 13.1. The van der Waals surface area contributed by atoms with Crippen LogP contribution in [-0.4, -0.2) is 15.9 Å². The monoisotopic (exact) mass is 395 g/mol. The summed E-state index contributed by atoms with van der Waals surface area (Å²) in [4.78, 5) is 18.8. The molecule has 2 N–H and O–H groups in total. The van der Waals surface area contributed by atoms with Crippen LogP contribution in [0.4, 0.5) is 0 Å². The second-order valence-corrected chi connectivity index (χ2v) is 5.43. The van der Waals surface area contributed by atoms with Gasteiger partial charge in [-0.05, 0) is 34.7 Å². The molecule has 0 bridgehead atoms. The van der Waals surface area contributed by atoms with Gasteiger partial charge in [-0.2, -0.15) is 0 Å². The van der Waals surface area contributed by atoms with Crippen LogP contribution in [0.15, 0.2) is 24.7 Å². The standard InChI is InChI=1S/C11H8Cl2IN3O/c12-6-1-8(10(14)9(13)2-6)11(18)16-4-7-3-15-5-17-7/h1-3,5H,4H2,(H,15,17)(H,16,18). The van der Waals surface area contributed by atoms with Gasteiger partial charge in [0, 0.05) is 14.8 Å². The molecule has 94 valence electrons. The molecule has 0 radical (unpaired) electrons. The first-order valence-electron chi connectivity index (χ1n) is 4.98. The molecule has 7 heteroatoms. The second-order valence-electron chi connectivity index (χ2n) is 3.51. The first kappa shape index (κ1) is 13.6. The predicted octanol–water partition coefficient (Wildman–Crippen LogP) is 3.25. The number of hydrogen-bond acceptors (Lipinski definition) is 2. The van der Waals surface area contributed by atoms with Gasteiger partial charge in [0.2, 0.25) is 0 Å². The fraction of sp³-hybridized carbons (Fsp3) is 0.0909. The molecule has 0 aliphatic heterocycles. The summed E-state index contributed by atoms with van der Waals surface area (Å²) < 4.78 is 0.681. The Morgan fingerprint density at radius 2 is 2.22 bits per heavy atom. The van der Waals surface area contributed by atoms with Crippen molar-refractivity contribution < 1.29 is 4.79 Å². The number of benzene rings is 1. The maximum Gasteiger partial charge on any atom is 0.252 e. The molecule has 1 aromatic heterocycles. The Balaban J connectivity index is 2.14. The van der Waals surface area contributed by atoms with Gasteiger partial charge in [0.25, 0.3) is 5.91 Å². The number of amides is 1. The predicted molar refractivity (Wildman–Crippen MR) is 78.9 cm³/mol. The van der Waals surface area contributed by atoms with Crippen LogP contribution < -0.4 is 5.32 Å². The molecule has 0 aliphatic carbocycles. The molecule has 0 aliphatic rings. The first-order valence-corrected chi connectivity index (χ1v) is 6.81. The first-order chi connectivity index (χ1) is 8.58. The van der Waals surface area contributed by atoms with Gasteiger partial charge >= 0.3 is 0 Å². The van der Waals surface area contributed by atoms with Crippen molar-refractivity contribution in [1.29, 1.82) is 0 Å². The highest BCUT2D eigenvalue weighted by Gasteiger charge is 2.13. The smallest absolute Gasteiger partial charge is 0.252 e. The van der Waals surface area contributed by atoms with Crippen LogP contribution in [0.5, 0.6) is 0 Å². The van der Waals surface area contributed by atoms with E-state index in [0.717, 1.165) is 5.69 Å². The summed E-state index contributed by atoms with van der Waals surface area (Å²) in [6, 6.07) is 3.20. The molecular weight excluding hydrogens is 388 g/mol. The topological polar surface area (TPSA) is 57.8 Å². The summed E-state index contributed by atoms with van der Waals surface area (Å²) in [5.74, 6) is -0.224. The minimum atomic E-state index is -0.224. The van der Waals surface area contributed by atoms with E-state index in [2.05, 4.69) is 15.3 Å². The quantitative estimate of drug-likeness (QED) is 0.619. The van der Waals surface area contributed by atoms with Gasteiger partial charge < -0.3 is 10.3 Å². The van der Waals surface area contributed by atoms with Crippen molar-refractivity contribution in [3.8, 4) is 0 Å². The summed E-state index contributed by atoms with van der Waals surface area (Å²) in [6.07, 6.45) is 3.21. The number of carbonyl (C=O) groups is 1. The zero-order valence-electron chi connectivity index (χ0n) is 9.01. The van der Waals surface area contributed by atoms with Crippen molar-refractivity contribution in [2.75, 3.05) is 0 Å². The van der Waals surface area contributed by atoms with Crippen LogP contribution in [0, 0.1) is 3.57 Å². The molecule has 1 amide bonds. The van der Waals surface area contributed by atoms with Crippen LogP contribution in [0.2, 0.25) is 10.0 Å². The number of hydrogen-bond donors (Lipinski definition) is 2. The van der Waals surface area contributed by atoms with Gasteiger partial charge in [0.05, 0.1) is 29.2 Å². The van der Waals surface area contributed by atoms with E-state index in [0.29, 0.717) is 25.7 Å². The highest BCUT2D eigenvalue weighted by Crippen LogP contribution is 2.26. The van der Waals surface area contributed by atoms with Crippen LogP contribution in [-0.2, 0) is 6.54 Å². The van der Waals surface area contributed by atoms with Crippen molar-refractivity contribution >= 4 is 51.7 Å². The number of nitrogens with one attached hydrogen (secondary N) is 2. The van der Waals surface area contributed by atoms with Gasteiger partial charge in [-0.25, -0.2) is 4.98 Å². The van der Waals surface area contributed by atoms with Gasteiger partial charge in [0.1, 0.15) is 0 Å². The Hall–Kier alpha value is -0.790.